The maximum atomic E-state index is 12.4. The first-order valence-electron chi connectivity index (χ1n) is 5.11. The van der Waals surface area contributed by atoms with Gasteiger partial charge in [-0.2, -0.15) is 13.2 Å². The lowest BCUT2D eigenvalue weighted by atomic mass is 10.3. The van der Waals surface area contributed by atoms with Crippen LogP contribution in [0.5, 0.6) is 0 Å². The molecular formula is C10H12F3N3O2. The van der Waals surface area contributed by atoms with Crippen LogP contribution in [0.1, 0.15) is 24.3 Å². The Balaban J connectivity index is 2.96. The minimum atomic E-state index is -4.36. The van der Waals surface area contributed by atoms with Gasteiger partial charge in [-0.25, -0.2) is 4.79 Å². The summed E-state index contributed by atoms with van der Waals surface area (Å²) in [4.78, 5) is 11.5. The minimum absolute atomic E-state index is 0.00711. The van der Waals surface area contributed by atoms with Crippen LogP contribution in [0.15, 0.2) is 12.1 Å². The number of aromatic carboxylic acids is 1. The zero-order valence-corrected chi connectivity index (χ0v) is 9.77. The second kappa shape index (κ2) is 5.19. The Morgan fingerprint density at radius 1 is 1.39 bits per heavy atom. The normalized spacial score (nSPS) is 11.7. The third kappa shape index (κ3) is 3.86. The fourth-order valence-corrected chi connectivity index (χ4v) is 1.31. The lowest BCUT2D eigenvalue weighted by Crippen LogP contribution is -2.39. The first kappa shape index (κ1) is 14.2. The molecule has 1 aromatic heterocycles. The molecule has 0 aromatic carbocycles. The summed E-state index contributed by atoms with van der Waals surface area (Å²) in [5.41, 5.74) is -0.311. The molecule has 0 radical (unpaired) electrons. The van der Waals surface area contributed by atoms with Gasteiger partial charge in [0.25, 0.3) is 0 Å². The number of hydrogen-bond acceptors (Lipinski definition) is 4. The molecule has 1 heterocycles. The smallest absolute Gasteiger partial charge is 0.405 e. The van der Waals surface area contributed by atoms with Gasteiger partial charge in [-0.1, -0.05) is 0 Å². The van der Waals surface area contributed by atoms with Crippen molar-refractivity contribution in [1.29, 1.82) is 0 Å². The number of nitrogens with zero attached hydrogens (tertiary/aromatic N) is 3. The van der Waals surface area contributed by atoms with Crippen LogP contribution in [-0.4, -0.2) is 40.0 Å². The molecule has 0 unspecified atom stereocenters. The van der Waals surface area contributed by atoms with Gasteiger partial charge in [0.15, 0.2) is 11.5 Å². The first-order chi connectivity index (χ1) is 8.20. The van der Waals surface area contributed by atoms with Crippen molar-refractivity contribution in [2.75, 3.05) is 11.4 Å². The van der Waals surface area contributed by atoms with Crippen LogP contribution in [-0.2, 0) is 0 Å². The largest absolute Gasteiger partial charge is 0.476 e. The predicted molar refractivity (Wildman–Crippen MR) is 57.5 cm³/mol. The average molecular weight is 263 g/mol. The zero-order valence-electron chi connectivity index (χ0n) is 9.77. The predicted octanol–water partition coefficient (Wildman–Crippen LogP) is 1.95. The summed E-state index contributed by atoms with van der Waals surface area (Å²) in [5.74, 6) is -1.28. The van der Waals surface area contributed by atoms with Crippen molar-refractivity contribution in [3.05, 3.63) is 17.8 Å². The fourth-order valence-electron chi connectivity index (χ4n) is 1.31. The maximum absolute atomic E-state index is 12.4. The monoisotopic (exact) mass is 263 g/mol. The standard InChI is InChI=1S/C10H12F3N3O2/c1-6(2)16(5-10(11,12)13)8-4-3-7(9(17)18)14-15-8/h3-4,6H,5H2,1-2H3,(H,17,18). The lowest BCUT2D eigenvalue weighted by Gasteiger charge is -2.28. The third-order valence-corrected chi connectivity index (χ3v) is 2.14. The van der Waals surface area contributed by atoms with Crippen LogP contribution in [0, 0.1) is 0 Å². The van der Waals surface area contributed by atoms with E-state index in [1.807, 2.05) is 0 Å². The van der Waals surface area contributed by atoms with Gasteiger partial charge in [-0.05, 0) is 26.0 Å². The zero-order chi connectivity index (χ0) is 13.9. The van der Waals surface area contributed by atoms with E-state index in [9.17, 15) is 18.0 Å². The Kier molecular flexibility index (Phi) is 4.10. The third-order valence-electron chi connectivity index (χ3n) is 2.14. The number of aromatic nitrogens is 2. The molecule has 8 heteroatoms. The molecule has 0 amide bonds. The minimum Gasteiger partial charge on any atom is -0.476 e. The van der Waals surface area contributed by atoms with Gasteiger partial charge in [0, 0.05) is 6.04 Å². The van der Waals surface area contributed by atoms with E-state index in [4.69, 9.17) is 5.11 Å². The number of carboxylic acid groups (broad SMARTS) is 1. The summed E-state index contributed by atoms with van der Waals surface area (Å²) >= 11 is 0. The Hall–Kier alpha value is -1.86. The molecule has 0 bridgehead atoms. The van der Waals surface area contributed by atoms with E-state index in [0.717, 1.165) is 11.0 Å². The summed E-state index contributed by atoms with van der Waals surface area (Å²) in [6.45, 7) is 2.00. The fraction of sp³-hybridized carbons (Fsp3) is 0.500. The maximum Gasteiger partial charge on any atom is 0.405 e. The molecule has 0 atom stereocenters. The molecule has 18 heavy (non-hydrogen) atoms. The van der Waals surface area contributed by atoms with Crippen molar-refractivity contribution in [2.45, 2.75) is 26.1 Å². The highest BCUT2D eigenvalue weighted by molar-refractivity contribution is 5.85. The van der Waals surface area contributed by atoms with E-state index < -0.39 is 24.7 Å². The van der Waals surface area contributed by atoms with Crippen molar-refractivity contribution < 1.29 is 23.1 Å². The molecule has 0 saturated heterocycles. The average Bonchev–Trinajstić information content (AvgIpc) is 2.24. The molecule has 5 nitrogen and oxygen atoms in total. The van der Waals surface area contributed by atoms with E-state index in [1.54, 1.807) is 13.8 Å². The summed E-state index contributed by atoms with van der Waals surface area (Å²) in [6, 6.07) is 1.90. The topological polar surface area (TPSA) is 66.3 Å². The Morgan fingerprint density at radius 2 is 2.00 bits per heavy atom. The van der Waals surface area contributed by atoms with Crippen molar-refractivity contribution in [3.8, 4) is 0 Å². The van der Waals surface area contributed by atoms with Crippen LogP contribution in [0.2, 0.25) is 0 Å². The molecule has 0 aliphatic heterocycles. The van der Waals surface area contributed by atoms with Crippen molar-refractivity contribution in [2.24, 2.45) is 0 Å². The van der Waals surface area contributed by atoms with E-state index in [-0.39, 0.29) is 11.5 Å². The summed E-state index contributed by atoms with van der Waals surface area (Å²) in [6.07, 6.45) is -4.36. The van der Waals surface area contributed by atoms with Gasteiger partial charge in [-0.15, -0.1) is 10.2 Å². The number of alkyl halides is 3. The lowest BCUT2D eigenvalue weighted by molar-refractivity contribution is -0.120. The van der Waals surface area contributed by atoms with Crippen molar-refractivity contribution in [3.63, 3.8) is 0 Å². The first-order valence-corrected chi connectivity index (χ1v) is 5.11. The molecule has 100 valence electrons. The quantitative estimate of drug-likeness (QED) is 0.899. The van der Waals surface area contributed by atoms with Crippen LogP contribution < -0.4 is 4.90 Å². The van der Waals surface area contributed by atoms with E-state index in [1.165, 1.54) is 6.07 Å². The van der Waals surface area contributed by atoms with Gasteiger partial charge < -0.3 is 10.0 Å². The molecule has 0 aliphatic rings. The number of anilines is 1. The molecule has 1 rings (SSSR count). The van der Waals surface area contributed by atoms with E-state index in [0.29, 0.717) is 0 Å². The molecule has 1 N–H and O–H groups in total. The van der Waals surface area contributed by atoms with Crippen LogP contribution in [0.3, 0.4) is 0 Å². The van der Waals surface area contributed by atoms with Gasteiger partial charge in [0.1, 0.15) is 6.54 Å². The summed E-state index contributed by atoms with van der Waals surface area (Å²) in [5, 5.41) is 15.5. The van der Waals surface area contributed by atoms with E-state index >= 15 is 0 Å². The second-order valence-corrected chi connectivity index (χ2v) is 3.92. The summed E-state index contributed by atoms with van der Waals surface area (Å²) in [7, 11) is 0. The number of carbonyl (C=O) groups is 1. The Bertz CT molecular complexity index is 417. The Labute approximate surface area is 101 Å². The molecule has 0 aliphatic carbocycles. The number of halogens is 3. The van der Waals surface area contributed by atoms with Crippen molar-refractivity contribution in [1.82, 2.24) is 10.2 Å². The van der Waals surface area contributed by atoms with Crippen LogP contribution in [0.4, 0.5) is 19.0 Å². The van der Waals surface area contributed by atoms with Gasteiger partial charge in [-0.3, -0.25) is 0 Å². The molecular weight excluding hydrogens is 251 g/mol. The van der Waals surface area contributed by atoms with Crippen LogP contribution in [0.25, 0.3) is 0 Å². The molecule has 0 saturated carbocycles. The summed E-state index contributed by atoms with van der Waals surface area (Å²) < 4.78 is 37.1. The highest BCUT2D eigenvalue weighted by atomic mass is 19.4. The molecule has 1 aromatic rings. The van der Waals surface area contributed by atoms with Gasteiger partial charge in [0.2, 0.25) is 0 Å². The van der Waals surface area contributed by atoms with E-state index in [2.05, 4.69) is 10.2 Å². The molecule has 0 fully saturated rings. The number of hydrogen-bond donors (Lipinski definition) is 1. The van der Waals surface area contributed by atoms with Crippen LogP contribution >= 0.6 is 0 Å². The second-order valence-electron chi connectivity index (χ2n) is 3.92. The van der Waals surface area contributed by atoms with Gasteiger partial charge in [0.05, 0.1) is 0 Å². The number of carboxylic acids is 1. The Morgan fingerprint density at radius 3 is 2.33 bits per heavy atom. The highest BCUT2D eigenvalue weighted by Crippen LogP contribution is 2.22. The highest BCUT2D eigenvalue weighted by Gasteiger charge is 2.32. The SMILES string of the molecule is CC(C)N(CC(F)(F)F)c1ccc(C(=O)O)nn1. The number of rotatable bonds is 4. The van der Waals surface area contributed by atoms with Crippen molar-refractivity contribution >= 4 is 11.8 Å². The van der Waals surface area contributed by atoms with Gasteiger partial charge >= 0.3 is 12.1 Å². The molecule has 0 spiro atoms.